The SMILES string of the molecule is COc1ccc(OC)c(S(=O)(=O)Nc2cccc(Cl)n2)c1. The van der Waals surface area contributed by atoms with Crippen LogP contribution in [0, 0.1) is 0 Å². The number of hydrogen-bond acceptors (Lipinski definition) is 5. The van der Waals surface area contributed by atoms with E-state index in [-0.39, 0.29) is 21.6 Å². The van der Waals surface area contributed by atoms with E-state index in [0.29, 0.717) is 5.75 Å². The van der Waals surface area contributed by atoms with Gasteiger partial charge in [-0.15, -0.1) is 0 Å². The Balaban J connectivity index is 2.43. The summed E-state index contributed by atoms with van der Waals surface area (Å²) < 4.78 is 37.3. The minimum atomic E-state index is -3.88. The maximum Gasteiger partial charge on any atom is 0.266 e. The number of nitrogens with zero attached hydrogens (tertiary/aromatic N) is 1. The molecule has 0 saturated carbocycles. The molecule has 8 heteroatoms. The van der Waals surface area contributed by atoms with E-state index in [2.05, 4.69) is 9.71 Å². The van der Waals surface area contributed by atoms with Crippen molar-refractivity contribution in [3.63, 3.8) is 0 Å². The van der Waals surface area contributed by atoms with Gasteiger partial charge in [-0.2, -0.15) is 0 Å². The second kappa shape index (κ2) is 6.19. The molecule has 0 aliphatic rings. The predicted octanol–water partition coefficient (Wildman–Crippen LogP) is 2.55. The van der Waals surface area contributed by atoms with Gasteiger partial charge in [0.1, 0.15) is 27.4 Å². The van der Waals surface area contributed by atoms with Gasteiger partial charge >= 0.3 is 0 Å². The molecule has 21 heavy (non-hydrogen) atoms. The van der Waals surface area contributed by atoms with Crippen molar-refractivity contribution < 1.29 is 17.9 Å². The van der Waals surface area contributed by atoms with E-state index in [9.17, 15) is 8.42 Å². The lowest BCUT2D eigenvalue weighted by atomic mass is 10.3. The van der Waals surface area contributed by atoms with Crippen LogP contribution in [-0.4, -0.2) is 27.6 Å². The molecule has 0 spiro atoms. The highest BCUT2D eigenvalue weighted by atomic mass is 35.5. The maximum atomic E-state index is 12.4. The number of benzene rings is 1. The maximum absolute atomic E-state index is 12.4. The Labute approximate surface area is 127 Å². The van der Waals surface area contributed by atoms with Crippen molar-refractivity contribution in [2.45, 2.75) is 4.90 Å². The number of pyridine rings is 1. The van der Waals surface area contributed by atoms with E-state index in [1.165, 1.54) is 32.4 Å². The van der Waals surface area contributed by atoms with Crippen molar-refractivity contribution in [1.29, 1.82) is 0 Å². The summed E-state index contributed by atoms with van der Waals surface area (Å²) in [7, 11) is -1.05. The summed E-state index contributed by atoms with van der Waals surface area (Å²) in [5.74, 6) is 0.716. The van der Waals surface area contributed by atoms with E-state index < -0.39 is 10.0 Å². The van der Waals surface area contributed by atoms with Crippen LogP contribution in [0.25, 0.3) is 0 Å². The molecule has 0 saturated heterocycles. The molecule has 1 heterocycles. The van der Waals surface area contributed by atoms with Gasteiger partial charge in [-0.1, -0.05) is 17.7 Å². The lowest BCUT2D eigenvalue weighted by Crippen LogP contribution is -2.15. The topological polar surface area (TPSA) is 77.5 Å². The molecule has 0 radical (unpaired) electrons. The van der Waals surface area contributed by atoms with Crippen molar-refractivity contribution in [1.82, 2.24) is 4.98 Å². The van der Waals surface area contributed by atoms with Crippen LogP contribution in [0.3, 0.4) is 0 Å². The van der Waals surface area contributed by atoms with Crippen LogP contribution in [0.4, 0.5) is 5.82 Å². The van der Waals surface area contributed by atoms with Crippen LogP contribution < -0.4 is 14.2 Å². The molecule has 1 aromatic heterocycles. The van der Waals surface area contributed by atoms with Gasteiger partial charge < -0.3 is 9.47 Å². The highest BCUT2D eigenvalue weighted by molar-refractivity contribution is 7.92. The third kappa shape index (κ3) is 3.56. The van der Waals surface area contributed by atoms with Crippen LogP contribution in [0.15, 0.2) is 41.3 Å². The van der Waals surface area contributed by atoms with E-state index in [0.717, 1.165) is 0 Å². The molecule has 1 N–H and O–H groups in total. The minimum Gasteiger partial charge on any atom is -0.497 e. The molecular formula is C13H13ClN2O4S. The molecule has 0 amide bonds. The smallest absolute Gasteiger partial charge is 0.266 e. The molecule has 112 valence electrons. The first kappa shape index (κ1) is 15.4. The number of halogens is 1. The van der Waals surface area contributed by atoms with Gasteiger partial charge in [0.25, 0.3) is 10.0 Å². The highest BCUT2D eigenvalue weighted by Crippen LogP contribution is 2.29. The number of rotatable bonds is 5. The average Bonchev–Trinajstić information content (AvgIpc) is 2.46. The predicted molar refractivity (Wildman–Crippen MR) is 79.6 cm³/mol. The van der Waals surface area contributed by atoms with Gasteiger partial charge in [-0.05, 0) is 24.3 Å². The second-order valence-corrected chi connectivity index (χ2v) is 6.01. The summed E-state index contributed by atoms with van der Waals surface area (Å²) in [6.45, 7) is 0. The van der Waals surface area contributed by atoms with Crippen molar-refractivity contribution in [2.75, 3.05) is 18.9 Å². The van der Waals surface area contributed by atoms with Crippen molar-refractivity contribution in [3.8, 4) is 11.5 Å². The Morgan fingerprint density at radius 1 is 1.14 bits per heavy atom. The Hall–Kier alpha value is -1.99. The third-order valence-corrected chi connectivity index (χ3v) is 4.20. The van der Waals surface area contributed by atoms with Crippen LogP contribution >= 0.6 is 11.6 Å². The van der Waals surface area contributed by atoms with Gasteiger partial charge in [0.15, 0.2) is 0 Å². The number of ether oxygens (including phenoxy) is 2. The average molecular weight is 329 g/mol. The summed E-state index contributed by atoms with van der Waals surface area (Å²) in [6.07, 6.45) is 0. The minimum absolute atomic E-state index is 0.0499. The van der Waals surface area contributed by atoms with Crippen LogP contribution in [0.2, 0.25) is 5.15 Å². The molecule has 0 bridgehead atoms. The van der Waals surface area contributed by atoms with Gasteiger partial charge in [0.2, 0.25) is 0 Å². The Morgan fingerprint density at radius 3 is 2.52 bits per heavy atom. The van der Waals surface area contributed by atoms with E-state index >= 15 is 0 Å². The number of sulfonamides is 1. The molecule has 0 atom stereocenters. The zero-order valence-electron chi connectivity index (χ0n) is 11.3. The fourth-order valence-electron chi connectivity index (χ4n) is 1.65. The number of hydrogen-bond donors (Lipinski definition) is 1. The lowest BCUT2D eigenvalue weighted by Gasteiger charge is -2.12. The van der Waals surface area contributed by atoms with Gasteiger partial charge in [0.05, 0.1) is 14.2 Å². The lowest BCUT2D eigenvalue weighted by molar-refractivity contribution is 0.392. The molecule has 0 unspecified atom stereocenters. The first-order chi connectivity index (χ1) is 9.96. The monoisotopic (exact) mass is 328 g/mol. The van der Waals surface area contributed by atoms with Crippen LogP contribution in [0.5, 0.6) is 11.5 Å². The molecule has 2 aromatic rings. The van der Waals surface area contributed by atoms with Gasteiger partial charge in [-0.25, -0.2) is 13.4 Å². The summed E-state index contributed by atoms with van der Waals surface area (Å²) in [5.41, 5.74) is 0. The molecule has 0 aliphatic carbocycles. The zero-order valence-corrected chi connectivity index (χ0v) is 12.9. The summed E-state index contributed by atoms with van der Waals surface area (Å²) in [5, 5.41) is 0.188. The molecule has 0 fully saturated rings. The first-order valence-electron chi connectivity index (χ1n) is 5.83. The molecular weight excluding hydrogens is 316 g/mol. The van der Waals surface area contributed by atoms with Crippen molar-refractivity contribution in [3.05, 3.63) is 41.6 Å². The first-order valence-corrected chi connectivity index (χ1v) is 7.70. The Morgan fingerprint density at radius 2 is 1.90 bits per heavy atom. The van der Waals surface area contributed by atoms with Gasteiger partial charge in [-0.3, -0.25) is 4.72 Å². The fraction of sp³-hybridized carbons (Fsp3) is 0.154. The molecule has 2 rings (SSSR count). The second-order valence-electron chi connectivity index (χ2n) is 3.97. The van der Waals surface area contributed by atoms with Crippen molar-refractivity contribution in [2.24, 2.45) is 0 Å². The van der Waals surface area contributed by atoms with E-state index in [1.54, 1.807) is 18.2 Å². The fourth-order valence-corrected chi connectivity index (χ4v) is 3.00. The highest BCUT2D eigenvalue weighted by Gasteiger charge is 2.21. The summed E-state index contributed by atoms with van der Waals surface area (Å²) in [6, 6.07) is 9.12. The number of anilines is 1. The van der Waals surface area contributed by atoms with E-state index in [1.807, 2.05) is 0 Å². The normalized spacial score (nSPS) is 11.0. The molecule has 0 aliphatic heterocycles. The zero-order chi connectivity index (χ0) is 15.5. The van der Waals surface area contributed by atoms with Crippen molar-refractivity contribution >= 4 is 27.4 Å². The Bertz CT molecular complexity index is 750. The number of nitrogens with one attached hydrogen (secondary N) is 1. The van der Waals surface area contributed by atoms with Crippen LogP contribution in [-0.2, 0) is 10.0 Å². The quantitative estimate of drug-likeness (QED) is 0.853. The third-order valence-electron chi connectivity index (χ3n) is 2.61. The molecule has 1 aromatic carbocycles. The Kier molecular flexibility index (Phi) is 4.54. The van der Waals surface area contributed by atoms with Gasteiger partial charge in [0, 0.05) is 6.07 Å². The van der Waals surface area contributed by atoms with E-state index in [4.69, 9.17) is 21.1 Å². The summed E-state index contributed by atoms with van der Waals surface area (Å²) in [4.78, 5) is 3.84. The largest absolute Gasteiger partial charge is 0.497 e. The number of aromatic nitrogens is 1. The standard InChI is InChI=1S/C13H13ClN2O4S/c1-19-9-6-7-10(20-2)11(8-9)21(17,18)16-13-5-3-4-12(14)15-13/h3-8H,1-2H3,(H,15,16). The molecule has 6 nitrogen and oxygen atoms in total. The van der Waals surface area contributed by atoms with Crippen LogP contribution in [0.1, 0.15) is 0 Å². The summed E-state index contributed by atoms with van der Waals surface area (Å²) >= 11 is 5.74. The number of methoxy groups -OCH3 is 2.